The Morgan fingerprint density at radius 3 is 2.25 bits per heavy atom. The second-order valence-corrected chi connectivity index (χ2v) is 5.58. The third kappa shape index (κ3) is 3.83. The van der Waals surface area contributed by atoms with Crippen molar-refractivity contribution in [1.82, 2.24) is 4.90 Å². The molecule has 0 aliphatic carbocycles. The van der Waals surface area contributed by atoms with Crippen molar-refractivity contribution in [3.63, 3.8) is 0 Å². The Morgan fingerprint density at radius 1 is 1.00 bits per heavy atom. The minimum Gasteiger partial charge on any atom is -0.283 e. The van der Waals surface area contributed by atoms with Gasteiger partial charge in [0, 0.05) is 31.2 Å². The molecule has 0 bridgehead atoms. The van der Waals surface area contributed by atoms with Gasteiger partial charge in [-0.3, -0.25) is 14.5 Å². The van der Waals surface area contributed by atoms with E-state index in [-0.39, 0.29) is 17.7 Å². The van der Waals surface area contributed by atoms with Crippen molar-refractivity contribution in [2.75, 3.05) is 12.4 Å². The van der Waals surface area contributed by atoms with E-state index in [0.29, 0.717) is 25.3 Å². The molecule has 4 heteroatoms. The van der Waals surface area contributed by atoms with Gasteiger partial charge in [0.25, 0.3) is 0 Å². The molecule has 2 amide bonds. The zero-order chi connectivity index (χ0) is 14.4. The molecule has 0 atom stereocenters. The number of nitrogens with zero attached hydrogens (tertiary/aromatic N) is 1. The van der Waals surface area contributed by atoms with Gasteiger partial charge in [0.05, 0.1) is 0 Å². The van der Waals surface area contributed by atoms with Crippen molar-refractivity contribution >= 4 is 23.4 Å². The fourth-order valence-corrected chi connectivity index (χ4v) is 2.79. The molecule has 108 valence electrons. The maximum Gasteiger partial charge on any atom is 0.229 e. The Morgan fingerprint density at radius 2 is 1.65 bits per heavy atom. The summed E-state index contributed by atoms with van der Waals surface area (Å²) in [4.78, 5) is 25.7. The summed E-state index contributed by atoms with van der Waals surface area (Å²) in [6.07, 6.45) is 3.61. The molecule has 0 radical (unpaired) electrons. The topological polar surface area (TPSA) is 37.4 Å². The molecule has 1 aliphatic heterocycles. The summed E-state index contributed by atoms with van der Waals surface area (Å²) in [5.74, 6) is 0.593. The maximum absolute atomic E-state index is 12.1. The number of alkyl halides is 1. The van der Waals surface area contributed by atoms with E-state index in [2.05, 4.69) is 0 Å². The van der Waals surface area contributed by atoms with E-state index in [1.54, 1.807) is 0 Å². The first-order chi connectivity index (χ1) is 9.72. The molecule has 1 fully saturated rings. The highest BCUT2D eigenvalue weighted by molar-refractivity contribution is 6.17. The van der Waals surface area contributed by atoms with Crippen LogP contribution in [0.15, 0.2) is 30.3 Å². The van der Waals surface area contributed by atoms with Gasteiger partial charge >= 0.3 is 0 Å². The summed E-state index contributed by atoms with van der Waals surface area (Å²) in [5, 5.41) is 0. The van der Waals surface area contributed by atoms with Gasteiger partial charge in [0.1, 0.15) is 0 Å². The van der Waals surface area contributed by atoms with E-state index in [1.165, 1.54) is 4.90 Å². The smallest absolute Gasteiger partial charge is 0.229 e. The van der Waals surface area contributed by atoms with Crippen LogP contribution in [-0.4, -0.2) is 29.1 Å². The van der Waals surface area contributed by atoms with Crippen LogP contribution in [0.3, 0.4) is 0 Å². The number of piperidine rings is 1. The lowest BCUT2D eigenvalue weighted by Crippen LogP contribution is -2.43. The first-order valence-electron chi connectivity index (χ1n) is 7.16. The minimum absolute atomic E-state index is 0.0373. The number of likely N-dealkylation sites (tertiary alicyclic amines) is 1. The van der Waals surface area contributed by atoms with Crippen LogP contribution in [0.25, 0.3) is 0 Å². The number of amides is 2. The van der Waals surface area contributed by atoms with Gasteiger partial charge in [-0.25, -0.2) is 0 Å². The third-order valence-corrected chi connectivity index (χ3v) is 4.00. The summed E-state index contributed by atoms with van der Waals surface area (Å²) >= 11 is 5.62. The average molecular weight is 294 g/mol. The molecular weight excluding hydrogens is 274 g/mol. The first-order valence-corrected chi connectivity index (χ1v) is 7.70. The molecule has 1 heterocycles. The van der Waals surface area contributed by atoms with Crippen molar-refractivity contribution in [3.05, 3.63) is 35.9 Å². The number of imide groups is 1. The second kappa shape index (κ2) is 7.44. The lowest BCUT2D eigenvalue weighted by Gasteiger charge is -2.30. The molecule has 3 nitrogen and oxygen atoms in total. The van der Waals surface area contributed by atoms with Gasteiger partial charge < -0.3 is 0 Å². The highest BCUT2D eigenvalue weighted by Crippen LogP contribution is 2.29. The van der Waals surface area contributed by atoms with Crippen LogP contribution < -0.4 is 0 Å². The summed E-state index contributed by atoms with van der Waals surface area (Å²) in [6.45, 7) is 0.538. The largest absolute Gasteiger partial charge is 0.283 e. The van der Waals surface area contributed by atoms with Crippen molar-refractivity contribution in [2.24, 2.45) is 0 Å². The maximum atomic E-state index is 12.1. The van der Waals surface area contributed by atoms with E-state index in [9.17, 15) is 9.59 Å². The van der Waals surface area contributed by atoms with Gasteiger partial charge in [-0.1, -0.05) is 36.8 Å². The molecule has 1 saturated heterocycles. The van der Waals surface area contributed by atoms with Crippen LogP contribution in [0.1, 0.15) is 43.6 Å². The van der Waals surface area contributed by atoms with E-state index < -0.39 is 0 Å². The number of carbonyl (C=O) groups is 2. The van der Waals surface area contributed by atoms with Crippen LogP contribution in [0.5, 0.6) is 0 Å². The standard InChI is InChI=1S/C16H20ClNO2/c17-9-5-2-6-10-18-15(19)11-14(12-16(18)20)13-7-3-1-4-8-13/h1,3-4,7-8,14H,2,5-6,9-12H2. The van der Waals surface area contributed by atoms with Crippen LogP contribution in [0.4, 0.5) is 0 Å². The molecule has 0 aromatic heterocycles. The fraction of sp³-hybridized carbons (Fsp3) is 0.500. The number of halogens is 1. The summed E-state index contributed by atoms with van der Waals surface area (Å²) in [6, 6.07) is 9.81. The zero-order valence-electron chi connectivity index (χ0n) is 11.6. The third-order valence-electron chi connectivity index (χ3n) is 3.73. The van der Waals surface area contributed by atoms with Crippen molar-refractivity contribution in [1.29, 1.82) is 0 Å². The SMILES string of the molecule is O=C1CC(c2ccccc2)CC(=O)N1CCCCCCl. The molecule has 0 spiro atoms. The van der Waals surface area contributed by atoms with E-state index in [0.717, 1.165) is 24.8 Å². The van der Waals surface area contributed by atoms with E-state index in [4.69, 9.17) is 11.6 Å². The van der Waals surface area contributed by atoms with Gasteiger partial charge in [-0.2, -0.15) is 0 Å². The Balaban J connectivity index is 1.92. The van der Waals surface area contributed by atoms with Gasteiger partial charge in [-0.15, -0.1) is 11.6 Å². The molecule has 0 unspecified atom stereocenters. The predicted molar refractivity (Wildman–Crippen MR) is 79.7 cm³/mol. The Bertz CT molecular complexity index is 443. The highest BCUT2D eigenvalue weighted by atomic mass is 35.5. The van der Waals surface area contributed by atoms with Crippen molar-refractivity contribution in [3.8, 4) is 0 Å². The van der Waals surface area contributed by atoms with Crippen molar-refractivity contribution < 1.29 is 9.59 Å². The summed E-state index contributed by atoms with van der Waals surface area (Å²) in [5.41, 5.74) is 1.08. The van der Waals surface area contributed by atoms with Gasteiger partial charge in [0.15, 0.2) is 0 Å². The number of unbranched alkanes of at least 4 members (excludes halogenated alkanes) is 2. The molecular formula is C16H20ClNO2. The molecule has 1 aromatic rings. The normalized spacial score (nSPS) is 16.8. The minimum atomic E-state index is -0.0408. The summed E-state index contributed by atoms with van der Waals surface area (Å²) < 4.78 is 0. The van der Waals surface area contributed by atoms with E-state index >= 15 is 0 Å². The molecule has 0 N–H and O–H groups in total. The van der Waals surface area contributed by atoms with Crippen molar-refractivity contribution in [2.45, 2.75) is 38.0 Å². The lowest BCUT2D eigenvalue weighted by atomic mass is 9.88. The Hall–Kier alpha value is -1.35. The molecule has 0 saturated carbocycles. The quantitative estimate of drug-likeness (QED) is 0.458. The molecule has 1 aliphatic rings. The predicted octanol–water partition coefficient (Wildman–Crippen LogP) is 3.33. The Kier molecular flexibility index (Phi) is 5.60. The van der Waals surface area contributed by atoms with Crippen LogP contribution in [0.2, 0.25) is 0 Å². The number of hydrogen-bond acceptors (Lipinski definition) is 2. The zero-order valence-corrected chi connectivity index (χ0v) is 12.3. The molecule has 2 rings (SSSR count). The van der Waals surface area contributed by atoms with Gasteiger partial charge in [-0.05, 0) is 18.4 Å². The average Bonchev–Trinajstić information content (AvgIpc) is 2.46. The fourth-order valence-electron chi connectivity index (χ4n) is 2.60. The Labute approximate surface area is 124 Å². The number of rotatable bonds is 6. The van der Waals surface area contributed by atoms with Gasteiger partial charge in [0.2, 0.25) is 11.8 Å². The monoisotopic (exact) mass is 293 g/mol. The van der Waals surface area contributed by atoms with E-state index in [1.807, 2.05) is 30.3 Å². The van der Waals surface area contributed by atoms with Crippen LogP contribution in [0, 0.1) is 0 Å². The second-order valence-electron chi connectivity index (χ2n) is 5.20. The molecule has 1 aromatic carbocycles. The molecule has 20 heavy (non-hydrogen) atoms. The number of hydrogen-bond donors (Lipinski definition) is 0. The van der Waals surface area contributed by atoms with Crippen LogP contribution in [-0.2, 0) is 9.59 Å². The number of carbonyl (C=O) groups excluding carboxylic acids is 2. The number of benzene rings is 1. The van der Waals surface area contributed by atoms with Crippen LogP contribution >= 0.6 is 11.6 Å². The first kappa shape index (κ1) is 15.0. The highest BCUT2D eigenvalue weighted by Gasteiger charge is 2.32. The lowest BCUT2D eigenvalue weighted by molar-refractivity contribution is -0.148. The summed E-state index contributed by atoms with van der Waals surface area (Å²) in [7, 11) is 0.